The van der Waals surface area contributed by atoms with Crippen molar-refractivity contribution in [1.29, 1.82) is 0 Å². The lowest BCUT2D eigenvalue weighted by atomic mass is 10.0. The smallest absolute Gasteiger partial charge is 0.271 e. The molecule has 0 saturated heterocycles. The Morgan fingerprint density at radius 3 is 2.48 bits per heavy atom. The highest BCUT2D eigenvalue weighted by atomic mass is 35.5. The number of carbonyl (C=O) groups is 1. The number of hydrazone groups is 1. The van der Waals surface area contributed by atoms with Gasteiger partial charge in [0.1, 0.15) is 12.4 Å². The lowest BCUT2D eigenvalue weighted by molar-refractivity contribution is 0.0955. The van der Waals surface area contributed by atoms with Crippen LogP contribution in [-0.4, -0.2) is 12.1 Å². The summed E-state index contributed by atoms with van der Waals surface area (Å²) in [6, 6.07) is 26.8. The number of fused-ring (bicyclic) bond motifs is 1. The average Bonchev–Trinajstić information content (AvgIpc) is 2.79. The standard InChI is InChI=1S/C26H21ClN2O2/c1-18-6-10-21(11-7-18)26(30)29-28-16-24-23-5-3-2-4-20(23)12-15-25(24)31-17-19-8-13-22(27)14-9-19/h2-16H,17H2,1H3,(H,29,30)/b28-16-. The highest BCUT2D eigenvalue weighted by Gasteiger charge is 2.09. The largest absolute Gasteiger partial charge is 0.488 e. The van der Waals surface area contributed by atoms with E-state index in [-0.39, 0.29) is 5.91 Å². The Hall–Kier alpha value is -3.63. The first-order valence-corrected chi connectivity index (χ1v) is 10.3. The normalized spacial score (nSPS) is 11.0. The van der Waals surface area contributed by atoms with Crippen LogP contribution in [0.5, 0.6) is 5.75 Å². The zero-order chi connectivity index (χ0) is 21.6. The number of halogens is 1. The van der Waals surface area contributed by atoms with Crippen molar-refractivity contribution in [3.63, 3.8) is 0 Å². The first-order chi connectivity index (χ1) is 15.1. The van der Waals surface area contributed by atoms with Crippen LogP contribution >= 0.6 is 11.6 Å². The predicted octanol–water partition coefficient (Wildman–Crippen LogP) is 6.14. The van der Waals surface area contributed by atoms with Crippen molar-refractivity contribution in [2.45, 2.75) is 13.5 Å². The molecular formula is C26H21ClN2O2. The van der Waals surface area contributed by atoms with Gasteiger partial charge in [-0.05, 0) is 53.6 Å². The van der Waals surface area contributed by atoms with Crippen LogP contribution in [0.25, 0.3) is 10.8 Å². The summed E-state index contributed by atoms with van der Waals surface area (Å²) in [7, 11) is 0. The summed E-state index contributed by atoms with van der Waals surface area (Å²) < 4.78 is 6.08. The van der Waals surface area contributed by atoms with Gasteiger partial charge in [-0.15, -0.1) is 0 Å². The molecule has 4 aromatic carbocycles. The Balaban J connectivity index is 1.57. The third-order valence-corrected chi connectivity index (χ3v) is 5.16. The van der Waals surface area contributed by atoms with Gasteiger partial charge in [-0.2, -0.15) is 5.10 Å². The van der Waals surface area contributed by atoms with Crippen LogP contribution < -0.4 is 10.2 Å². The Labute approximate surface area is 186 Å². The molecule has 0 aliphatic carbocycles. The Morgan fingerprint density at radius 2 is 1.71 bits per heavy atom. The Kier molecular flexibility index (Phi) is 6.29. The van der Waals surface area contributed by atoms with Crippen LogP contribution in [0.4, 0.5) is 0 Å². The second-order valence-electron chi connectivity index (χ2n) is 7.18. The van der Waals surface area contributed by atoms with Gasteiger partial charge in [0, 0.05) is 16.1 Å². The number of benzene rings is 4. The van der Waals surface area contributed by atoms with Crippen molar-refractivity contribution >= 4 is 34.5 Å². The van der Waals surface area contributed by atoms with Crippen molar-refractivity contribution in [2.24, 2.45) is 5.10 Å². The van der Waals surface area contributed by atoms with E-state index in [9.17, 15) is 4.79 Å². The molecule has 0 aliphatic heterocycles. The van der Waals surface area contributed by atoms with Crippen LogP contribution in [-0.2, 0) is 6.61 Å². The van der Waals surface area contributed by atoms with E-state index in [1.54, 1.807) is 18.3 Å². The van der Waals surface area contributed by atoms with E-state index in [0.29, 0.717) is 22.9 Å². The average molecular weight is 429 g/mol. The maximum absolute atomic E-state index is 12.4. The van der Waals surface area contributed by atoms with Crippen LogP contribution in [0, 0.1) is 6.92 Å². The van der Waals surface area contributed by atoms with Gasteiger partial charge in [-0.1, -0.05) is 71.8 Å². The van der Waals surface area contributed by atoms with E-state index in [2.05, 4.69) is 10.5 Å². The Bertz CT molecular complexity index is 1230. The van der Waals surface area contributed by atoms with Crippen molar-refractivity contribution in [2.75, 3.05) is 0 Å². The predicted molar refractivity (Wildman–Crippen MR) is 126 cm³/mol. The minimum Gasteiger partial charge on any atom is -0.488 e. The molecule has 1 N–H and O–H groups in total. The molecule has 0 saturated carbocycles. The molecule has 0 aliphatic rings. The summed E-state index contributed by atoms with van der Waals surface area (Å²) in [5, 5.41) is 6.94. The molecular weight excluding hydrogens is 408 g/mol. The molecule has 0 aromatic heterocycles. The summed E-state index contributed by atoms with van der Waals surface area (Å²) in [4.78, 5) is 12.4. The second-order valence-corrected chi connectivity index (χ2v) is 7.62. The number of rotatable bonds is 6. The summed E-state index contributed by atoms with van der Waals surface area (Å²) >= 11 is 5.96. The van der Waals surface area contributed by atoms with Crippen molar-refractivity contribution < 1.29 is 9.53 Å². The van der Waals surface area contributed by atoms with Gasteiger partial charge in [0.25, 0.3) is 5.91 Å². The number of ether oxygens (including phenoxy) is 1. The molecule has 0 atom stereocenters. The van der Waals surface area contributed by atoms with Crippen molar-refractivity contribution in [1.82, 2.24) is 5.43 Å². The molecule has 4 rings (SSSR count). The van der Waals surface area contributed by atoms with Crippen molar-refractivity contribution in [3.05, 3.63) is 112 Å². The van der Waals surface area contributed by atoms with Gasteiger partial charge in [0.2, 0.25) is 0 Å². The van der Waals surface area contributed by atoms with Gasteiger partial charge < -0.3 is 4.74 Å². The SMILES string of the molecule is Cc1ccc(C(=O)N/N=C\c2c(OCc3ccc(Cl)cc3)ccc3ccccc23)cc1. The van der Waals surface area contributed by atoms with E-state index in [1.165, 1.54) is 0 Å². The van der Waals surface area contributed by atoms with Crippen molar-refractivity contribution in [3.8, 4) is 5.75 Å². The topological polar surface area (TPSA) is 50.7 Å². The second kappa shape index (κ2) is 9.45. The quantitative estimate of drug-likeness (QED) is 0.296. The monoisotopic (exact) mass is 428 g/mol. The zero-order valence-electron chi connectivity index (χ0n) is 17.0. The lowest BCUT2D eigenvalue weighted by Gasteiger charge is -2.12. The number of nitrogens with zero attached hydrogens (tertiary/aromatic N) is 1. The molecule has 4 nitrogen and oxygen atoms in total. The maximum Gasteiger partial charge on any atom is 0.271 e. The fourth-order valence-corrected chi connectivity index (χ4v) is 3.33. The summed E-state index contributed by atoms with van der Waals surface area (Å²) in [5.41, 5.74) is 6.06. The van der Waals surface area contributed by atoms with Crippen LogP contribution in [0.15, 0.2) is 90.0 Å². The van der Waals surface area contributed by atoms with Gasteiger partial charge in [-0.25, -0.2) is 5.43 Å². The van der Waals surface area contributed by atoms with Crippen LogP contribution in [0.3, 0.4) is 0 Å². The molecule has 5 heteroatoms. The number of nitrogens with one attached hydrogen (secondary N) is 1. The molecule has 0 radical (unpaired) electrons. The maximum atomic E-state index is 12.4. The molecule has 1 amide bonds. The third-order valence-electron chi connectivity index (χ3n) is 4.91. The number of carbonyl (C=O) groups excluding carboxylic acids is 1. The molecule has 0 heterocycles. The Morgan fingerprint density at radius 1 is 0.968 bits per heavy atom. The lowest BCUT2D eigenvalue weighted by Crippen LogP contribution is -2.17. The van der Waals surface area contributed by atoms with Gasteiger partial charge in [-0.3, -0.25) is 4.79 Å². The molecule has 0 bridgehead atoms. The fourth-order valence-electron chi connectivity index (χ4n) is 3.20. The van der Waals surface area contributed by atoms with E-state index in [0.717, 1.165) is 27.5 Å². The van der Waals surface area contributed by atoms with Gasteiger partial charge >= 0.3 is 0 Å². The molecule has 0 spiro atoms. The molecule has 0 fully saturated rings. The van der Waals surface area contributed by atoms with Crippen LogP contribution in [0.2, 0.25) is 5.02 Å². The highest BCUT2D eigenvalue weighted by molar-refractivity contribution is 6.30. The zero-order valence-corrected chi connectivity index (χ0v) is 17.8. The number of amides is 1. The minimum atomic E-state index is -0.264. The molecule has 4 aromatic rings. The first-order valence-electron chi connectivity index (χ1n) is 9.89. The number of hydrogen-bond donors (Lipinski definition) is 1. The van der Waals surface area contributed by atoms with E-state index < -0.39 is 0 Å². The van der Waals surface area contributed by atoms with Gasteiger partial charge in [0.05, 0.1) is 6.21 Å². The van der Waals surface area contributed by atoms with E-state index >= 15 is 0 Å². The summed E-state index contributed by atoms with van der Waals surface area (Å²) in [6.45, 7) is 2.37. The van der Waals surface area contributed by atoms with Gasteiger partial charge in [0.15, 0.2) is 0 Å². The summed E-state index contributed by atoms with van der Waals surface area (Å²) in [6.07, 6.45) is 1.63. The molecule has 31 heavy (non-hydrogen) atoms. The fraction of sp³-hybridized carbons (Fsp3) is 0.0769. The molecule has 0 unspecified atom stereocenters. The third kappa shape index (κ3) is 5.11. The van der Waals surface area contributed by atoms with E-state index in [4.69, 9.17) is 16.3 Å². The summed E-state index contributed by atoms with van der Waals surface area (Å²) in [5.74, 6) is 0.419. The van der Waals surface area contributed by atoms with Crippen LogP contribution in [0.1, 0.15) is 27.0 Å². The minimum absolute atomic E-state index is 0.264. The van der Waals surface area contributed by atoms with E-state index in [1.807, 2.05) is 79.7 Å². The highest BCUT2D eigenvalue weighted by Crippen LogP contribution is 2.27. The molecule has 154 valence electrons. The number of hydrogen-bond acceptors (Lipinski definition) is 3. The number of aryl methyl sites for hydroxylation is 1. The first kappa shape index (κ1) is 20.6.